The van der Waals surface area contributed by atoms with Crippen LogP contribution in [0.2, 0.25) is 0 Å². The molecular formula is C12H25N3O. The van der Waals surface area contributed by atoms with Crippen LogP contribution in [0.15, 0.2) is 0 Å². The summed E-state index contributed by atoms with van der Waals surface area (Å²) in [5.74, 6) is 0.739. The van der Waals surface area contributed by atoms with Gasteiger partial charge in [0.1, 0.15) is 0 Å². The second-order valence-electron chi connectivity index (χ2n) is 4.63. The van der Waals surface area contributed by atoms with E-state index in [1.807, 2.05) is 6.92 Å². The van der Waals surface area contributed by atoms with Gasteiger partial charge in [-0.15, -0.1) is 0 Å². The molecule has 1 aliphatic heterocycles. The molecule has 16 heavy (non-hydrogen) atoms. The molecule has 0 aliphatic carbocycles. The Hall–Kier alpha value is -0.610. The summed E-state index contributed by atoms with van der Waals surface area (Å²) in [7, 11) is 0. The van der Waals surface area contributed by atoms with Crippen molar-refractivity contribution in [2.75, 3.05) is 32.7 Å². The lowest BCUT2D eigenvalue weighted by atomic mass is 10.1. The first-order valence-corrected chi connectivity index (χ1v) is 6.41. The van der Waals surface area contributed by atoms with Crippen molar-refractivity contribution in [2.24, 2.45) is 17.6 Å². The number of rotatable bonds is 6. The molecule has 0 aromatic rings. The van der Waals surface area contributed by atoms with Gasteiger partial charge < -0.3 is 16.0 Å². The van der Waals surface area contributed by atoms with Gasteiger partial charge in [0.2, 0.25) is 5.91 Å². The summed E-state index contributed by atoms with van der Waals surface area (Å²) in [6.07, 6.45) is 2.03. The summed E-state index contributed by atoms with van der Waals surface area (Å²) in [6.45, 7) is 8.86. The van der Waals surface area contributed by atoms with Gasteiger partial charge in [-0.3, -0.25) is 4.79 Å². The van der Waals surface area contributed by atoms with Crippen molar-refractivity contribution in [2.45, 2.75) is 26.7 Å². The number of carbonyl (C=O) groups is 1. The largest absolute Gasteiger partial charge is 0.355 e. The van der Waals surface area contributed by atoms with Crippen LogP contribution >= 0.6 is 0 Å². The molecule has 0 aromatic heterocycles. The molecule has 1 saturated heterocycles. The minimum absolute atomic E-state index is 0.0105. The van der Waals surface area contributed by atoms with Crippen LogP contribution in [-0.4, -0.2) is 43.5 Å². The summed E-state index contributed by atoms with van der Waals surface area (Å²) in [5, 5.41) is 3.03. The average molecular weight is 227 g/mol. The first kappa shape index (κ1) is 13.5. The van der Waals surface area contributed by atoms with Crippen LogP contribution in [0.3, 0.4) is 0 Å². The molecular weight excluding hydrogens is 202 g/mol. The molecule has 1 aliphatic rings. The number of carbonyl (C=O) groups excluding carboxylic acids is 1. The molecule has 1 rings (SSSR count). The number of likely N-dealkylation sites (tertiary alicyclic amines) is 1. The number of nitrogens with two attached hydrogens (primary N) is 1. The van der Waals surface area contributed by atoms with Crippen LogP contribution in [-0.2, 0) is 4.79 Å². The van der Waals surface area contributed by atoms with Gasteiger partial charge >= 0.3 is 0 Å². The highest BCUT2D eigenvalue weighted by atomic mass is 16.1. The Morgan fingerprint density at radius 3 is 2.81 bits per heavy atom. The van der Waals surface area contributed by atoms with Gasteiger partial charge in [0, 0.05) is 25.6 Å². The van der Waals surface area contributed by atoms with Gasteiger partial charge in [-0.2, -0.15) is 0 Å². The van der Waals surface area contributed by atoms with Crippen LogP contribution in [0.4, 0.5) is 0 Å². The van der Waals surface area contributed by atoms with Gasteiger partial charge in [-0.25, -0.2) is 0 Å². The van der Waals surface area contributed by atoms with Gasteiger partial charge in [0.15, 0.2) is 0 Å². The van der Waals surface area contributed by atoms with Crippen LogP contribution in [0.25, 0.3) is 0 Å². The minimum atomic E-state index is -0.0105. The maximum absolute atomic E-state index is 11.7. The molecule has 2 atom stereocenters. The average Bonchev–Trinajstić information content (AvgIpc) is 2.76. The number of nitrogens with one attached hydrogen (secondary N) is 1. The van der Waals surface area contributed by atoms with E-state index in [4.69, 9.17) is 5.73 Å². The maximum Gasteiger partial charge on any atom is 0.224 e. The Balaban J connectivity index is 2.22. The zero-order chi connectivity index (χ0) is 12.0. The van der Waals surface area contributed by atoms with Crippen molar-refractivity contribution in [3.8, 4) is 0 Å². The second-order valence-corrected chi connectivity index (χ2v) is 4.63. The fraction of sp³-hybridized carbons (Fsp3) is 0.917. The fourth-order valence-electron chi connectivity index (χ4n) is 2.22. The quantitative estimate of drug-likeness (QED) is 0.692. The smallest absolute Gasteiger partial charge is 0.224 e. The van der Waals surface area contributed by atoms with E-state index in [-0.39, 0.29) is 11.8 Å². The van der Waals surface area contributed by atoms with Crippen LogP contribution in [0.1, 0.15) is 26.7 Å². The van der Waals surface area contributed by atoms with Crippen molar-refractivity contribution in [1.82, 2.24) is 10.2 Å². The van der Waals surface area contributed by atoms with Crippen molar-refractivity contribution in [1.29, 1.82) is 0 Å². The van der Waals surface area contributed by atoms with Crippen LogP contribution in [0.5, 0.6) is 0 Å². The van der Waals surface area contributed by atoms with E-state index in [1.54, 1.807) is 0 Å². The number of nitrogens with zero attached hydrogens (tertiary/aromatic N) is 1. The molecule has 0 spiro atoms. The van der Waals surface area contributed by atoms with Crippen molar-refractivity contribution in [3.05, 3.63) is 0 Å². The van der Waals surface area contributed by atoms with Gasteiger partial charge in [0.05, 0.1) is 0 Å². The Labute approximate surface area is 98.6 Å². The lowest BCUT2D eigenvalue weighted by Crippen LogP contribution is -2.37. The molecule has 0 saturated carbocycles. The molecule has 2 unspecified atom stereocenters. The molecule has 94 valence electrons. The topological polar surface area (TPSA) is 58.4 Å². The zero-order valence-electron chi connectivity index (χ0n) is 10.5. The molecule has 3 N–H and O–H groups in total. The monoisotopic (exact) mass is 227 g/mol. The van der Waals surface area contributed by atoms with E-state index in [2.05, 4.69) is 17.1 Å². The molecule has 0 radical (unpaired) electrons. The predicted octanol–water partition coefficient (Wildman–Crippen LogP) is 0.429. The molecule has 1 amide bonds. The summed E-state index contributed by atoms with van der Waals surface area (Å²) in [5.41, 5.74) is 5.54. The van der Waals surface area contributed by atoms with Crippen LogP contribution in [0, 0.1) is 11.8 Å². The molecule has 0 aromatic carbocycles. The summed E-state index contributed by atoms with van der Waals surface area (Å²) in [4.78, 5) is 14.1. The molecule has 4 heteroatoms. The highest BCUT2D eigenvalue weighted by Gasteiger charge is 2.22. The van der Waals surface area contributed by atoms with E-state index < -0.39 is 0 Å². The van der Waals surface area contributed by atoms with Crippen molar-refractivity contribution >= 4 is 5.91 Å². The maximum atomic E-state index is 11.7. The Morgan fingerprint density at radius 1 is 1.56 bits per heavy atom. The van der Waals surface area contributed by atoms with Crippen molar-refractivity contribution in [3.63, 3.8) is 0 Å². The Morgan fingerprint density at radius 2 is 2.31 bits per heavy atom. The van der Waals surface area contributed by atoms with E-state index in [9.17, 15) is 4.79 Å². The normalized spacial score (nSPS) is 23.3. The van der Waals surface area contributed by atoms with Gasteiger partial charge in [0.25, 0.3) is 0 Å². The Kier molecular flexibility index (Phi) is 5.77. The van der Waals surface area contributed by atoms with Gasteiger partial charge in [-0.05, 0) is 31.8 Å². The standard InChI is InChI=1S/C12H25N3O/c1-3-11(7-13)12(16)14-8-10-5-6-15(4-2)9-10/h10-11H,3-9,13H2,1-2H3,(H,14,16). The predicted molar refractivity (Wildman–Crippen MR) is 66.1 cm³/mol. The lowest BCUT2D eigenvalue weighted by molar-refractivity contribution is -0.124. The summed E-state index contributed by atoms with van der Waals surface area (Å²) < 4.78 is 0. The third-order valence-corrected chi connectivity index (χ3v) is 3.53. The number of hydrogen-bond acceptors (Lipinski definition) is 3. The highest BCUT2D eigenvalue weighted by molar-refractivity contribution is 5.78. The minimum Gasteiger partial charge on any atom is -0.355 e. The molecule has 1 heterocycles. The summed E-state index contributed by atoms with van der Waals surface area (Å²) in [6, 6.07) is 0. The van der Waals surface area contributed by atoms with Crippen molar-refractivity contribution < 1.29 is 4.79 Å². The summed E-state index contributed by atoms with van der Waals surface area (Å²) >= 11 is 0. The van der Waals surface area contributed by atoms with E-state index in [1.165, 1.54) is 13.0 Å². The van der Waals surface area contributed by atoms with Gasteiger partial charge in [-0.1, -0.05) is 13.8 Å². The van der Waals surface area contributed by atoms with Crippen LogP contribution < -0.4 is 11.1 Å². The molecule has 0 bridgehead atoms. The third kappa shape index (κ3) is 3.76. The van der Waals surface area contributed by atoms with E-state index >= 15 is 0 Å². The highest BCUT2D eigenvalue weighted by Crippen LogP contribution is 2.14. The number of hydrogen-bond donors (Lipinski definition) is 2. The lowest BCUT2D eigenvalue weighted by Gasteiger charge is -2.16. The first-order valence-electron chi connectivity index (χ1n) is 6.41. The SMILES string of the molecule is CCC(CN)C(=O)NCC1CCN(CC)C1. The zero-order valence-corrected chi connectivity index (χ0v) is 10.5. The fourth-order valence-corrected chi connectivity index (χ4v) is 2.22. The van der Waals surface area contributed by atoms with E-state index in [0.29, 0.717) is 12.5 Å². The Bertz CT molecular complexity index is 216. The first-order chi connectivity index (χ1) is 7.71. The third-order valence-electron chi connectivity index (χ3n) is 3.53. The van der Waals surface area contributed by atoms with E-state index in [0.717, 1.165) is 26.1 Å². The molecule has 4 nitrogen and oxygen atoms in total. The molecule has 1 fully saturated rings. The number of amides is 1. The second kappa shape index (κ2) is 6.86.